The molecule has 0 amide bonds. The van der Waals surface area contributed by atoms with Crippen molar-refractivity contribution >= 4 is 5.78 Å². The number of carbonyl (C=O) groups excluding carboxylic acids is 1. The molecule has 0 saturated carbocycles. The van der Waals surface area contributed by atoms with Crippen molar-refractivity contribution in [3.05, 3.63) is 71.8 Å². The Bertz CT molecular complexity index is 724. The average molecular weight is 364 g/mol. The number of carbonyl (C=O) groups is 1. The summed E-state index contributed by atoms with van der Waals surface area (Å²) < 4.78 is 41.2. The summed E-state index contributed by atoms with van der Waals surface area (Å²) in [5.74, 6) is -3.94. The Balaban J connectivity index is 2.40. The first-order valence-corrected chi connectivity index (χ1v) is 8.45. The number of ketones is 1. The van der Waals surface area contributed by atoms with E-state index in [1.807, 2.05) is 6.07 Å². The summed E-state index contributed by atoms with van der Waals surface area (Å²) in [6.45, 7) is 4.74. The molecule has 1 unspecified atom stereocenters. The summed E-state index contributed by atoms with van der Waals surface area (Å²) in [5, 5.41) is 10.4. The molecule has 0 aliphatic heterocycles. The van der Waals surface area contributed by atoms with Gasteiger partial charge in [-0.05, 0) is 17.0 Å². The van der Waals surface area contributed by atoms with Crippen LogP contribution in [0.5, 0.6) is 0 Å². The summed E-state index contributed by atoms with van der Waals surface area (Å²) in [5.41, 5.74) is -0.454. The number of halogens is 3. The number of hydrogen-bond acceptors (Lipinski definition) is 2. The average Bonchev–Trinajstić information content (AvgIpc) is 2.61. The fourth-order valence-electron chi connectivity index (χ4n) is 3.09. The van der Waals surface area contributed by atoms with Gasteiger partial charge < -0.3 is 5.11 Å². The number of benzene rings is 2. The van der Waals surface area contributed by atoms with E-state index in [2.05, 4.69) is 0 Å². The van der Waals surface area contributed by atoms with Gasteiger partial charge in [0.15, 0.2) is 5.78 Å². The summed E-state index contributed by atoms with van der Waals surface area (Å²) in [6.07, 6.45) is -6.79. The zero-order chi connectivity index (χ0) is 19.5. The lowest BCUT2D eigenvalue weighted by Crippen LogP contribution is -2.44. The number of alkyl halides is 3. The highest BCUT2D eigenvalue weighted by atomic mass is 19.4. The summed E-state index contributed by atoms with van der Waals surface area (Å²) >= 11 is 0. The maximum absolute atomic E-state index is 13.7. The molecule has 2 aromatic rings. The third-order valence-corrected chi connectivity index (χ3v) is 5.11. The Labute approximate surface area is 151 Å². The van der Waals surface area contributed by atoms with Crippen LogP contribution in [-0.4, -0.2) is 17.1 Å². The molecule has 1 N–H and O–H groups in total. The Kier molecular flexibility index (Phi) is 5.91. The summed E-state index contributed by atoms with van der Waals surface area (Å²) in [7, 11) is 0. The van der Waals surface area contributed by atoms with Crippen molar-refractivity contribution in [2.45, 2.75) is 39.0 Å². The predicted octanol–water partition coefficient (Wildman–Crippen LogP) is 5.30. The highest BCUT2D eigenvalue weighted by Gasteiger charge is 2.54. The first kappa shape index (κ1) is 20.2. The van der Waals surface area contributed by atoms with Crippen LogP contribution in [0.3, 0.4) is 0 Å². The molecule has 0 aromatic heterocycles. The molecule has 0 radical (unpaired) electrons. The van der Waals surface area contributed by atoms with Crippen molar-refractivity contribution in [1.82, 2.24) is 0 Å². The van der Waals surface area contributed by atoms with Gasteiger partial charge in [-0.3, -0.25) is 4.79 Å². The molecular weight excluding hydrogens is 341 g/mol. The van der Waals surface area contributed by atoms with E-state index in [4.69, 9.17) is 0 Å². The van der Waals surface area contributed by atoms with E-state index in [-0.39, 0.29) is 5.56 Å². The molecular formula is C21H23F3O2. The highest BCUT2D eigenvalue weighted by molar-refractivity contribution is 5.88. The van der Waals surface area contributed by atoms with E-state index in [1.165, 1.54) is 38.1 Å². The number of hydrogen-bond donors (Lipinski definition) is 1. The number of Topliss-reactive ketones (excluding diaryl/α,β-unsaturated/α-hetero) is 1. The standard InChI is InChI=1S/C21H23F3O2/c1-14(15-10-6-4-7-11-15)20(2,3)19(26)17(21(22,23)24)18(25)16-12-8-5-9-13-16/h4-14,17-18,25H,1-3H3/t14?,17-,18-/m0/s1. The number of aliphatic hydroxyl groups is 1. The lowest BCUT2D eigenvalue weighted by atomic mass is 9.68. The van der Waals surface area contributed by atoms with Crippen molar-refractivity contribution in [3.63, 3.8) is 0 Å². The fraction of sp³-hybridized carbons (Fsp3) is 0.381. The molecule has 3 atom stereocenters. The maximum atomic E-state index is 13.7. The van der Waals surface area contributed by atoms with Gasteiger partial charge in [-0.2, -0.15) is 13.2 Å². The van der Waals surface area contributed by atoms with Crippen molar-refractivity contribution in [2.24, 2.45) is 11.3 Å². The van der Waals surface area contributed by atoms with Crippen molar-refractivity contribution in [3.8, 4) is 0 Å². The SMILES string of the molecule is CC(c1ccccc1)C(C)(C)C(=O)[C@H]([C@@H](O)c1ccccc1)C(F)(F)F. The second-order valence-corrected chi connectivity index (χ2v) is 7.09. The third-order valence-electron chi connectivity index (χ3n) is 5.11. The van der Waals surface area contributed by atoms with Gasteiger partial charge in [0, 0.05) is 5.41 Å². The van der Waals surface area contributed by atoms with Crippen LogP contribution in [0.15, 0.2) is 60.7 Å². The van der Waals surface area contributed by atoms with Crippen molar-refractivity contribution < 1.29 is 23.1 Å². The van der Waals surface area contributed by atoms with Gasteiger partial charge >= 0.3 is 6.18 Å². The molecule has 0 fully saturated rings. The number of aliphatic hydroxyl groups excluding tert-OH is 1. The van der Waals surface area contributed by atoms with Gasteiger partial charge in [0.1, 0.15) is 5.92 Å². The normalized spacial score (nSPS) is 16.0. The first-order chi connectivity index (χ1) is 12.1. The van der Waals surface area contributed by atoms with Crippen LogP contribution in [0, 0.1) is 11.3 Å². The van der Waals surface area contributed by atoms with Crippen LogP contribution < -0.4 is 0 Å². The predicted molar refractivity (Wildman–Crippen MR) is 94.6 cm³/mol. The van der Waals surface area contributed by atoms with Gasteiger partial charge in [0.05, 0.1) is 6.10 Å². The summed E-state index contributed by atoms with van der Waals surface area (Å²) in [4.78, 5) is 13.0. The van der Waals surface area contributed by atoms with E-state index in [9.17, 15) is 23.1 Å². The zero-order valence-electron chi connectivity index (χ0n) is 15.0. The van der Waals surface area contributed by atoms with E-state index < -0.39 is 35.3 Å². The number of rotatable bonds is 6. The Hall–Kier alpha value is -2.14. The van der Waals surface area contributed by atoms with Gasteiger partial charge in [-0.15, -0.1) is 0 Å². The zero-order valence-corrected chi connectivity index (χ0v) is 15.0. The first-order valence-electron chi connectivity index (χ1n) is 8.45. The molecule has 26 heavy (non-hydrogen) atoms. The minimum atomic E-state index is -4.85. The smallest absolute Gasteiger partial charge is 0.387 e. The third kappa shape index (κ3) is 4.15. The topological polar surface area (TPSA) is 37.3 Å². The second-order valence-electron chi connectivity index (χ2n) is 7.09. The van der Waals surface area contributed by atoms with Crippen LogP contribution >= 0.6 is 0 Å². The van der Waals surface area contributed by atoms with Crippen molar-refractivity contribution in [2.75, 3.05) is 0 Å². The van der Waals surface area contributed by atoms with E-state index >= 15 is 0 Å². The van der Waals surface area contributed by atoms with Crippen LogP contribution in [0.2, 0.25) is 0 Å². The van der Waals surface area contributed by atoms with Gasteiger partial charge in [-0.1, -0.05) is 81.4 Å². The van der Waals surface area contributed by atoms with E-state index in [0.717, 1.165) is 5.56 Å². The van der Waals surface area contributed by atoms with Gasteiger partial charge in [-0.25, -0.2) is 0 Å². The van der Waals surface area contributed by atoms with Crippen molar-refractivity contribution in [1.29, 1.82) is 0 Å². The molecule has 0 bridgehead atoms. The molecule has 2 rings (SSSR count). The molecule has 0 saturated heterocycles. The van der Waals surface area contributed by atoms with Crippen LogP contribution in [0.25, 0.3) is 0 Å². The molecule has 0 spiro atoms. The Morgan fingerprint density at radius 3 is 1.73 bits per heavy atom. The van der Waals surface area contributed by atoms with Crippen LogP contribution in [0.1, 0.15) is 43.9 Å². The molecule has 0 heterocycles. The van der Waals surface area contributed by atoms with Crippen LogP contribution in [0.4, 0.5) is 13.2 Å². The monoisotopic (exact) mass is 364 g/mol. The molecule has 2 aromatic carbocycles. The van der Waals surface area contributed by atoms with Crippen LogP contribution in [-0.2, 0) is 4.79 Å². The minimum Gasteiger partial charge on any atom is -0.387 e. The second kappa shape index (κ2) is 7.62. The largest absolute Gasteiger partial charge is 0.401 e. The van der Waals surface area contributed by atoms with E-state index in [0.29, 0.717) is 0 Å². The molecule has 140 valence electrons. The fourth-order valence-corrected chi connectivity index (χ4v) is 3.09. The molecule has 0 aliphatic rings. The maximum Gasteiger partial charge on any atom is 0.401 e. The Morgan fingerprint density at radius 1 is 0.885 bits per heavy atom. The Morgan fingerprint density at radius 2 is 1.31 bits per heavy atom. The molecule has 0 aliphatic carbocycles. The lowest BCUT2D eigenvalue weighted by molar-refractivity contribution is -0.206. The lowest BCUT2D eigenvalue weighted by Gasteiger charge is -2.36. The quantitative estimate of drug-likeness (QED) is 0.755. The molecule has 5 heteroatoms. The highest BCUT2D eigenvalue weighted by Crippen LogP contribution is 2.45. The molecule has 2 nitrogen and oxygen atoms in total. The van der Waals surface area contributed by atoms with E-state index in [1.54, 1.807) is 37.3 Å². The van der Waals surface area contributed by atoms with Gasteiger partial charge in [0.2, 0.25) is 0 Å². The summed E-state index contributed by atoms with van der Waals surface area (Å²) in [6, 6.07) is 16.5. The van der Waals surface area contributed by atoms with Gasteiger partial charge in [0.25, 0.3) is 0 Å². The minimum absolute atomic E-state index is 0.0753.